The number of hydrogen-bond donors (Lipinski definition) is 0. The number of carbonyl (C=O) groups is 1. The molecule has 1 atom stereocenters. The quantitative estimate of drug-likeness (QED) is 0.278. The maximum atomic E-state index is 12.8. The van der Waals surface area contributed by atoms with Gasteiger partial charge in [0.15, 0.2) is 0 Å². The van der Waals surface area contributed by atoms with Crippen LogP contribution in [0, 0.1) is 0 Å². The number of pyridine rings is 1. The summed E-state index contributed by atoms with van der Waals surface area (Å²) in [6.07, 6.45) is -2.08. The number of benzene rings is 2. The third-order valence-electron chi connectivity index (χ3n) is 4.79. The molecule has 0 N–H and O–H groups in total. The number of alkyl halides is 3. The zero-order chi connectivity index (χ0) is 23.1. The molecule has 0 amide bonds. The van der Waals surface area contributed by atoms with Gasteiger partial charge in [-0.1, -0.05) is 31.5 Å². The van der Waals surface area contributed by atoms with Crippen molar-refractivity contribution in [3.8, 4) is 22.8 Å². The van der Waals surface area contributed by atoms with Crippen LogP contribution in [0.15, 0.2) is 66.7 Å². The van der Waals surface area contributed by atoms with Crippen LogP contribution in [0.3, 0.4) is 0 Å². The van der Waals surface area contributed by atoms with Crippen molar-refractivity contribution in [3.05, 3.63) is 78.0 Å². The Hall–Kier alpha value is -3.35. The molecule has 0 radical (unpaired) electrons. The summed E-state index contributed by atoms with van der Waals surface area (Å²) in [4.78, 5) is 15.7. The Morgan fingerprint density at radius 1 is 0.969 bits per heavy atom. The molecule has 1 aromatic heterocycles. The van der Waals surface area contributed by atoms with Gasteiger partial charge in [-0.15, -0.1) is 0 Å². The van der Waals surface area contributed by atoms with Gasteiger partial charge in [-0.05, 0) is 61.4 Å². The van der Waals surface area contributed by atoms with Crippen molar-refractivity contribution in [1.29, 1.82) is 0 Å². The number of carbonyl (C=O) groups excluding carboxylic acids is 1. The minimum Gasteiger partial charge on any atom is -0.484 e. The smallest absolute Gasteiger partial charge is 0.416 e. The van der Waals surface area contributed by atoms with E-state index in [9.17, 15) is 18.0 Å². The topological polar surface area (TPSA) is 48.4 Å². The van der Waals surface area contributed by atoms with Gasteiger partial charge in [-0.2, -0.15) is 13.2 Å². The molecule has 2 aromatic carbocycles. The van der Waals surface area contributed by atoms with E-state index in [0.29, 0.717) is 28.5 Å². The first kappa shape index (κ1) is 23.3. The fraction of sp³-hybridized carbons (Fsp3) is 0.280. The van der Waals surface area contributed by atoms with Gasteiger partial charge in [-0.25, -0.2) is 4.98 Å². The van der Waals surface area contributed by atoms with Gasteiger partial charge in [-0.3, -0.25) is 4.79 Å². The predicted molar refractivity (Wildman–Crippen MR) is 115 cm³/mol. The molecular weight excluding hydrogens is 419 g/mol. The average molecular weight is 443 g/mol. The SMILES string of the molecule is CCCCC(Oc1ccc(OC(C)=O)cc1)c1cccc(-c2ccc(C(F)(F)F)cc2)n1. The molecule has 0 aliphatic rings. The van der Waals surface area contributed by atoms with Gasteiger partial charge >= 0.3 is 12.1 Å². The third-order valence-corrected chi connectivity index (χ3v) is 4.79. The molecule has 0 bridgehead atoms. The number of hydrogen-bond acceptors (Lipinski definition) is 4. The summed E-state index contributed by atoms with van der Waals surface area (Å²) in [5, 5.41) is 0. The van der Waals surface area contributed by atoms with E-state index in [0.717, 1.165) is 31.4 Å². The van der Waals surface area contributed by atoms with E-state index in [4.69, 9.17) is 9.47 Å². The number of ether oxygens (including phenoxy) is 2. The molecule has 3 rings (SSSR count). The van der Waals surface area contributed by atoms with E-state index in [1.165, 1.54) is 19.1 Å². The van der Waals surface area contributed by atoms with Crippen LogP contribution in [0.25, 0.3) is 11.3 Å². The van der Waals surface area contributed by atoms with Gasteiger partial charge < -0.3 is 9.47 Å². The van der Waals surface area contributed by atoms with Crippen molar-refractivity contribution in [1.82, 2.24) is 4.98 Å². The van der Waals surface area contributed by atoms with Crippen molar-refractivity contribution < 1.29 is 27.4 Å². The molecule has 0 saturated heterocycles. The van der Waals surface area contributed by atoms with Gasteiger partial charge in [0.2, 0.25) is 0 Å². The predicted octanol–water partition coefficient (Wildman–Crippen LogP) is 7.00. The van der Waals surface area contributed by atoms with Gasteiger partial charge in [0.05, 0.1) is 17.0 Å². The zero-order valence-corrected chi connectivity index (χ0v) is 17.9. The van der Waals surface area contributed by atoms with Crippen molar-refractivity contribution in [3.63, 3.8) is 0 Å². The summed E-state index contributed by atoms with van der Waals surface area (Å²) < 4.78 is 49.7. The third kappa shape index (κ3) is 6.33. The van der Waals surface area contributed by atoms with Crippen LogP contribution < -0.4 is 9.47 Å². The number of esters is 1. The van der Waals surface area contributed by atoms with E-state index >= 15 is 0 Å². The molecule has 1 heterocycles. The lowest BCUT2D eigenvalue weighted by molar-refractivity contribution is -0.137. The second-order valence-electron chi connectivity index (χ2n) is 7.34. The molecule has 168 valence electrons. The number of nitrogens with zero attached hydrogens (tertiary/aromatic N) is 1. The molecule has 4 nitrogen and oxygen atoms in total. The Labute approximate surface area is 185 Å². The Morgan fingerprint density at radius 3 is 2.22 bits per heavy atom. The van der Waals surface area contributed by atoms with E-state index < -0.39 is 17.7 Å². The fourth-order valence-corrected chi connectivity index (χ4v) is 3.19. The Morgan fingerprint density at radius 2 is 1.62 bits per heavy atom. The summed E-state index contributed by atoms with van der Waals surface area (Å²) in [7, 11) is 0. The lowest BCUT2D eigenvalue weighted by Crippen LogP contribution is -2.10. The first-order valence-corrected chi connectivity index (χ1v) is 10.4. The lowest BCUT2D eigenvalue weighted by Gasteiger charge is -2.19. The van der Waals surface area contributed by atoms with Crippen molar-refractivity contribution in [2.45, 2.75) is 45.4 Å². The molecule has 7 heteroatoms. The normalized spacial score (nSPS) is 12.3. The highest BCUT2D eigenvalue weighted by atomic mass is 19.4. The highest BCUT2D eigenvalue weighted by molar-refractivity contribution is 5.69. The monoisotopic (exact) mass is 443 g/mol. The summed E-state index contributed by atoms with van der Waals surface area (Å²) in [6.45, 7) is 3.41. The maximum absolute atomic E-state index is 12.8. The van der Waals surface area contributed by atoms with E-state index in [1.54, 1.807) is 30.3 Å². The average Bonchev–Trinajstić information content (AvgIpc) is 2.77. The molecule has 0 fully saturated rings. The van der Waals surface area contributed by atoms with E-state index in [2.05, 4.69) is 11.9 Å². The second-order valence-corrected chi connectivity index (χ2v) is 7.34. The van der Waals surface area contributed by atoms with Crippen LogP contribution in [0.2, 0.25) is 0 Å². The van der Waals surface area contributed by atoms with Crippen LogP contribution >= 0.6 is 0 Å². The largest absolute Gasteiger partial charge is 0.484 e. The summed E-state index contributed by atoms with van der Waals surface area (Å²) in [6, 6.07) is 17.1. The Balaban J connectivity index is 1.82. The van der Waals surface area contributed by atoms with E-state index in [1.807, 2.05) is 12.1 Å². The van der Waals surface area contributed by atoms with Gasteiger partial charge in [0, 0.05) is 12.5 Å². The summed E-state index contributed by atoms with van der Waals surface area (Å²) in [5.41, 5.74) is 1.17. The van der Waals surface area contributed by atoms with Crippen LogP contribution in [0.4, 0.5) is 13.2 Å². The van der Waals surface area contributed by atoms with Crippen LogP contribution in [-0.4, -0.2) is 11.0 Å². The molecule has 0 spiro atoms. The van der Waals surface area contributed by atoms with Crippen LogP contribution in [-0.2, 0) is 11.0 Å². The van der Waals surface area contributed by atoms with Crippen molar-refractivity contribution in [2.75, 3.05) is 0 Å². The molecule has 0 aliphatic carbocycles. The van der Waals surface area contributed by atoms with E-state index in [-0.39, 0.29) is 6.10 Å². The number of aromatic nitrogens is 1. The second kappa shape index (κ2) is 10.3. The summed E-state index contributed by atoms with van der Waals surface area (Å²) >= 11 is 0. The standard InChI is InChI=1S/C25H24F3NO3/c1-3-4-8-24(32-21-15-13-20(14-16-21)31-17(2)30)23-7-5-6-22(29-23)18-9-11-19(12-10-18)25(26,27)28/h5-7,9-16,24H,3-4,8H2,1-2H3. The highest BCUT2D eigenvalue weighted by Crippen LogP contribution is 2.32. The molecule has 0 saturated carbocycles. The lowest BCUT2D eigenvalue weighted by atomic mass is 10.1. The van der Waals surface area contributed by atoms with Crippen LogP contribution in [0.5, 0.6) is 11.5 Å². The Kier molecular flexibility index (Phi) is 7.51. The molecule has 32 heavy (non-hydrogen) atoms. The highest BCUT2D eigenvalue weighted by Gasteiger charge is 2.30. The van der Waals surface area contributed by atoms with Crippen LogP contribution in [0.1, 0.15) is 50.5 Å². The number of unbranched alkanes of at least 4 members (excludes halogenated alkanes) is 1. The first-order chi connectivity index (χ1) is 15.3. The zero-order valence-electron chi connectivity index (χ0n) is 17.9. The maximum Gasteiger partial charge on any atom is 0.416 e. The number of halogens is 3. The summed E-state index contributed by atoms with van der Waals surface area (Å²) in [5.74, 6) is 0.630. The minimum atomic E-state index is -4.38. The number of rotatable bonds is 8. The Bertz CT molecular complexity index is 1030. The minimum absolute atomic E-state index is 0.330. The fourth-order valence-electron chi connectivity index (χ4n) is 3.19. The van der Waals surface area contributed by atoms with Crippen molar-refractivity contribution in [2.24, 2.45) is 0 Å². The van der Waals surface area contributed by atoms with Crippen molar-refractivity contribution >= 4 is 5.97 Å². The molecule has 0 aliphatic heterocycles. The molecular formula is C25H24F3NO3. The first-order valence-electron chi connectivity index (χ1n) is 10.4. The van der Waals surface area contributed by atoms with Gasteiger partial charge in [0.25, 0.3) is 0 Å². The molecule has 1 unspecified atom stereocenters. The van der Waals surface area contributed by atoms with Gasteiger partial charge in [0.1, 0.15) is 17.6 Å². The molecule has 3 aromatic rings.